The number of aromatic amines is 1. The van der Waals surface area contributed by atoms with Crippen molar-refractivity contribution in [2.24, 2.45) is 0 Å². The number of hydrogen-bond donors (Lipinski definition) is 1. The Morgan fingerprint density at radius 1 is 0.800 bits per heavy atom. The van der Waals surface area contributed by atoms with E-state index < -0.39 is 0 Å². The number of carbonyl (C=O) groups excluding carboxylic acids is 1. The second kappa shape index (κ2) is 6.40. The number of aromatic nitrogens is 1. The molecule has 4 heteroatoms. The van der Waals surface area contributed by atoms with Crippen LogP contribution in [0.5, 0.6) is 0 Å². The fourth-order valence-electron chi connectivity index (χ4n) is 3.05. The van der Waals surface area contributed by atoms with Crippen molar-refractivity contribution in [3.8, 4) is 11.1 Å². The number of H-pyrrole nitrogens is 1. The maximum absolute atomic E-state index is 13.0. The third-order valence-corrected chi connectivity index (χ3v) is 4.79. The molecule has 25 heavy (non-hydrogen) atoms. The molecule has 0 atom stereocenters. The van der Waals surface area contributed by atoms with E-state index in [9.17, 15) is 4.79 Å². The Balaban J connectivity index is 1.87. The number of hydrogen-bond acceptors (Lipinski definition) is 1. The van der Waals surface area contributed by atoms with Gasteiger partial charge >= 0.3 is 0 Å². The second-order valence-electron chi connectivity index (χ2n) is 5.76. The molecule has 4 aromatic rings. The first kappa shape index (κ1) is 15.9. The van der Waals surface area contributed by atoms with Crippen LogP contribution in [0.2, 0.25) is 10.0 Å². The molecule has 0 fully saturated rings. The Kier molecular flexibility index (Phi) is 4.08. The molecule has 4 rings (SSSR count). The first-order chi connectivity index (χ1) is 12.1. The number of fused-ring (bicyclic) bond motifs is 1. The summed E-state index contributed by atoms with van der Waals surface area (Å²) in [5.74, 6) is -0.133. The average molecular weight is 366 g/mol. The van der Waals surface area contributed by atoms with E-state index in [4.69, 9.17) is 23.2 Å². The van der Waals surface area contributed by atoms with Crippen molar-refractivity contribution in [2.75, 3.05) is 0 Å². The highest BCUT2D eigenvalue weighted by molar-refractivity contribution is 6.37. The van der Waals surface area contributed by atoms with E-state index in [0.717, 1.165) is 21.9 Å². The van der Waals surface area contributed by atoms with Gasteiger partial charge in [0.25, 0.3) is 0 Å². The van der Waals surface area contributed by atoms with E-state index in [1.807, 2.05) is 30.5 Å². The van der Waals surface area contributed by atoms with Gasteiger partial charge in [0.1, 0.15) is 0 Å². The van der Waals surface area contributed by atoms with E-state index in [1.54, 1.807) is 24.4 Å². The fourth-order valence-corrected chi connectivity index (χ4v) is 3.55. The Morgan fingerprint density at radius 3 is 2.44 bits per heavy atom. The molecule has 0 saturated heterocycles. The zero-order valence-corrected chi connectivity index (χ0v) is 14.6. The number of carbonyl (C=O) groups is 1. The van der Waals surface area contributed by atoms with Crippen LogP contribution in [0, 0.1) is 0 Å². The lowest BCUT2D eigenvalue weighted by molar-refractivity contribution is 0.103. The normalized spacial score (nSPS) is 11.0. The molecule has 1 heterocycles. The van der Waals surface area contributed by atoms with Gasteiger partial charge in [-0.15, -0.1) is 0 Å². The summed E-state index contributed by atoms with van der Waals surface area (Å²) in [5.41, 5.74) is 2.88. The third kappa shape index (κ3) is 2.84. The third-order valence-electron chi connectivity index (χ3n) is 4.25. The summed E-state index contributed by atoms with van der Waals surface area (Å²) in [5, 5.41) is 3.08. The van der Waals surface area contributed by atoms with E-state index in [1.165, 1.54) is 0 Å². The van der Waals surface area contributed by atoms with Gasteiger partial charge in [-0.1, -0.05) is 65.7 Å². The quantitative estimate of drug-likeness (QED) is 0.420. The standard InChI is InChI=1S/C21H13Cl2NO/c22-14-8-9-17(20(23)10-14)21(25)19-12-24-11-18(19)16-7-3-5-13-4-1-2-6-15(13)16/h1-12,24H. The number of rotatable bonds is 3. The number of ketones is 1. The highest BCUT2D eigenvalue weighted by atomic mass is 35.5. The van der Waals surface area contributed by atoms with Gasteiger partial charge in [0.05, 0.1) is 5.02 Å². The summed E-state index contributed by atoms with van der Waals surface area (Å²) in [6.45, 7) is 0. The zero-order valence-electron chi connectivity index (χ0n) is 13.1. The number of benzene rings is 3. The molecule has 1 aromatic heterocycles. The lowest BCUT2D eigenvalue weighted by Crippen LogP contribution is -2.02. The molecule has 122 valence electrons. The minimum atomic E-state index is -0.133. The molecule has 0 spiro atoms. The van der Waals surface area contributed by atoms with Crippen LogP contribution < -0.4 is 0 Å². The SMILES string of the molecule is O=C(c1ccc(Cl)cc1Cl)c1c[nH]cc1-c1cccc2ccccc12. The van der Waals surface area contributed by atoms with Crippen LogP contribution in [0.1, 0.15) is 15.9 Å². The minimum Gasteiger partial charge on any atom is -0.366 e. The molecule has 3 aromatic carbocycles. The first-order valence-corrected chi connectivity index (χ1v) is 8.55. The van der Waals surface area contributed by atoms with E-state index in [0.29, 0.717) is 21.2 Å². The van der Waals surface area contributed by atoms with Gasteiger partial charge in [0, 0.05) is 34.1 Å². The molecule has 2 nitrogen and oxygen atoms in total. The largest absolute Gasteiger partial charge is 0.366 e. The molecule has 0 aliphatic heterocycles. The van der Waals surface area contributed by atoms with E-state index in [-0.39, 0.29) is 5.78 Å². The Bertz CT molecular complexity index is 1090. The fraction of sp³-hybridized carbons (Fsp3) is 0. The lowest BCUT2D eigenvalue weighted by atomic mass is 9.94. The second-order valence-corrected chi connectivity index (χ2v) is 6.61. The highest BCUT2D eigenvalue weighted by Crippen LogP contribution is 2.33. The van der Waals surface area contributed by atoms with Crippen LogP contribution in [0.4, 0.5) is 0 Å². The Morgan fingerprint density at radius 2 is 1.60 bits per heavy atom. The number of nitrogens with one attached hydrogen (secondary N) is 1. The van der Waals surface area contributed by atoms with E-state index >= 15 is 0 Å². The van der Waals surface area contributed by atoms with Gasteiger partial charge in [0.2, 0.25) is 0 Å². The van der Waals surface area contributed by atoms with Crippen LogP contribution in [-0.4, -0.2) is 10.8 Å². The van der Waals surface area contributed by atoms with Crippen molar-refractivity contribution in [3.05, 3.63) is 94.2 Å². The van der Waals surface area contributed by atoms with Gasteiger partial charge < -0.3 is 4.98 Å². The van der Waals surface area contributed by atoms with Gasteiger partial charge in [-0.2, -0.15) is 0 Å². The molecule has 0 amide bonds. The predicted octanol–water partition coefficient (Wildman–Crippen LogP) is 6.37. The molecule has 0 radical (unpaired) electrons. The van der Waals surface area contributed by atoms with Crippen molar-refractivity contribution < 1.29 is 4.79 Å². The summed E-state index contributed by atoms with van der Waals surface area (Å²) in [6, 6.07) is 19.1. The van der Waals surface area contributed by atoms with Crippen molar-refractivity contribution in [2.45, 2.75) is 0 Å². The van der Waals surface area contributed by atoms with E-state index in [2.05, 4.69) is 23.2 Å². The van der Waals surface area contributed by atoms with Crippen molar-refractivity contribution >= 4 is 39.8 Å². The summed E-state index contributed by atoms with van der Waals surface area (Å²) in [7, 11) is 0. The van der Waals surface area contributed by atoms with Crippen molar-refractivity contribution in [1.82, 2.24) is 4.98 Å². The summed E-state index contributed by atoms with van der Waals surface area (Å²) in [6.07, 6.45) is 3.56. The average Bonchev–Trinajstić information content (AvgIpc) is 3.10. The van der Waals surface area contributed by atoms with Gasteiger partial charge in [-0.3, -0.25) is 4.79 Å². The maximum atomic E-state index is 13.0. The van der Waals surface area contributed by atoms with Gasteiger partial charge in [0.15, 0.2) is 5.78 Å². The molecule has 0 unspecified atom stereocenters. The van der Waals surface area contributed by atoms with Gasteiger partial charge in [-0.25, -0.2) is 0 Å². The lowest BCUT2D eigenvalue weighted by Gasteiger charge is -2.09. The highest BCUT2D eigenvalue weighted by Gasteiger charge is 2.19. The van der Waals surface area contributed by atoms with Crippen LogP contribution in [-0.2, 0) is 0 Å². The Labute approximate surface area is 155 Å². The predicted molar refractivity (Wildman–Crippen MR) is 104 cm³/mol. The molecular formula is C21H13Cl2NO. The maximum Gasteiger partial charge on any atom is 0.196 e. The van der Waals surface area contributed by atoms with Crippen LogP contribution >= 0.6 is 23.2 Å². The summed E-state index contributed by atoms with van der Waals surface area (Å²) >= 11 is 12.2. The molecule has 0 aliphatic carbocycles. The van der Waals surface area contributed by atoms with Gasteiger partial charge in [-0.05, 0) is 34.5 Å². The molecule has 0 aliphatic rings. The summed E-state index contributed by atoms with van der Waals surface area (Å²) in [4.78, 5) is 16.1. The minimum absolute atomic E-state index is 0.133. The molecular weight excluding hydrogens is 353 g/mol. The van der Waals surface area contributed by atoms with Crippen LogP contribution in [0.3, 0.4) is 0 Å². The van der Waals surface area contributed by atoms with Crippen molar-refractivity contribution in [3.63, 3.8) is 0 Å². The zero-order chi connectivity index (χ0) is 17.4. The van der Waals surface area contributed by atoms with Crippen LogP contribution in [0.15, 0.2) is 73.1 Å². The smallest absolute Gasteiger partial charge is 0.196 e. The topological polar surface area (TPSA) is 32.9 Å². The molecule has 1 N–H and O–H groups in total. The monoisotopic (exact) mass is 365 g/mol. The number of halogens is 2. The first-order valence-electron chi connectivity index (χ1n) is 7.80. The summed E-state index contributed by atoms with van der Waals surface area (Å²) < 4.78 is 0. The van der Waals surface area contributed by atoms with Crippen molar-refractivity contribution in [1.29, 1.82) is 0 Å². The van der Waals surface area contributed by atoms with Crippen LogP contribution in [0.25, 0.3) is 21.9 Å². The molecule has 0 bridgehead atoms. The molecule has 0 saturated carbocycles. The Hall–Kier alpha value is -2.55.